The number of nitrogens with zero attached hydrogens (tertiary/aromatic N) is 3. The number of carbonyl (C=O) groups excluding carboxylic acids is 4. The van der Waals surface area contributed by atoms with Crippen molar-refractivity contribution in [3.63, 3.8) is 0 Å². The van der Waals surface area contributed by atoms with Crippen molar-refractivity contribution in [2.75, 3.05) is 49.0 Å². The normalized spacial score (nSPS) is 21.2. The third-order valence-corrected chi connectivity index (χ3v) is 11.4. The Labute approximate surface area is 325 Å². The molecule has 1 heterocycles. The Bertz CT molecular complexity index is 1320. The van der Waals surface area contributed by atoms with E-state index >= 15 is 0 Å². The van der Waals surface area contributed by atoms with Crippen LogP contribution in [0.15, 0.2) is 30.3 Å². The molecule has 13 nitrogen and oxygen atoms in total. The van der Waals surface area contributed by atoms with Crippen LogP contribution in [0.5, 0.6) is 0 Å². The molecule has 1 aliphatic rings. The number of benzene rings is 1. The van der Waals surface area contributed by atoms with Crippen LogP contribution in [0.2, 0.25) is 0 Å². The Morgan fingerprint density at radius 2 is 1.50 bits per heavy atom. The highest BCUT2D eigenvalue weighted by Gasteiger charge is 2.46. The predicted molar refractivity (Wildman–Crippen MR) is 212 cm³/mol. The van der Waals surface area contributed by atoms with E-state index in [1.165, 1.54) is 0 Å². The van der Waals surface area contributed by atoms with Crippen LogP contribution in [0.25, 0.3) is 0 Å². The lowest BCUT2D eigenvalue weighted by Crippen LogP contribution is -2.59. The maximum Gasteiger partial charge on any atom is 0.245 e. The standard InChI is InChI=1S/C41H72N6O7/c1-15-26(6)37(46(11)41(51)35(24(2)3)44-40(50)36(25(4)5)45(9)10)32(53-13)22-33(48)47-23-30(52-12)21-31(47)38(54-14)27(7)39(49)43-28(8)34(42)29-19-17-16-18-20-29/h16-20,24-28,30-32,34-38H,15,21-23,42H2,1-14H3,(H,43,49)(H,44,50)/t26?,27-,28-,30?,31+,32-,34?,35+,36+,37+,38-/m1/s1. The van der Waals surface area contributed by atoms with E-state index in [4.69, 9.17) is 19.9 Å². The van der Waals surface area contributed by atoms with Gasteiger partial charge in [-0.1, -0.05) is 85.2 Å². The van der Waals surface area contributed by atoms with Gasteiger partial charge in [0.05, 0.1) is 48.8 Å². The molecule has 1 fully saturated rings. The molecule has 0 saturated carbocycles. The van der Waals surface area contributed by atoms with Gasteiger partial charge in [-0.3, -0.25) is 24.1 Å². The largest absolute Gasteiger partial charge is 0.380 e. The smallest absolute Gasteiger partial charge is 0.245 e. The SMILES string of the molecule is CCC(C)[C@@H]([C@@H](CC(=O)N1CC(OC)C[C@H]1[C@H](OC)[C@@H](C)C(=O)N[C@H](C)C(N)c1ccccc1)OC)N(C)C(=O)[C@@H](NC(=O)[C@H](C(C)C)N(C)C)C(C)C. The number of nitrogens with two attached hydrogens (primary N) is 1. The molecule has 1 saturated heterocycles. The van der Waals surface area contributed by atoms with E-state index in [1.807, 2.05) is 97.8 Å². The van der Waals surface area contributed by atoms with Gasteiger partial charge in [0.1, 0.15) is 6.04 Å². The van der Waals surface area contributed by atoms with Crippen molar-refractivity contribution in [1.82, 2.24) is 25.3 Å². The van der Waals surface area contributed by atoms with Crippen LogP contribution in [0.3, 0.4) is 0 Å². The van der Waals surface area contributed by atoms with Gasteiger partial charge in [-0.25, -0.2) is 0 Å². The summed E-state index contributed by atoms with van der Waals surface area (Å²) in [6.45, 7) is 15.9. The van der Waals surface area contributed by atoms with Crippen molar-refractivity contribution in [2.24, 2.45) is 29.4 Å². The number of nitrogens with one attached hydrogen (secondary N) is 2. The third kappa shape index (κ3) is 11.9. The first-order chi connectivity index (χ1) is 25.4. The van der Waals surface area contributed by atoms with Gasteiger partial charge in [0.25, 0.3) is 0 Å². The van der Waals surface area contributed by atoms with E-state index in [9.17, 15) is 19.2 Å². The Morgan fingerprint density at radius 3 is 1.98 bits per heavy atom. The first kappa shape index (κ1) is 47.1. The zero-order valence-electron chi connectivity index (χ0n) is 35.5. The summed E-state index contributed by atoms with van der Waals surface area (Å²) in [4.78, 5) is 61.0. The van der Waals surface area contributed by atoms with Crippen LogP contribution in [-0.2, 0) is 33.4 Å². The molecule has 308 valence electrons. The lowest BCUT2D eigenvalue weighted by Gasteiger charge is -2.41. The van der Waals surface area contributed by atoms with Crippen molar-refractivity contribution < 1.29 is 33.4 Å². The first-order valence-corrected chi connectivity index (χ1v) is 19.6. The highest BCUT2D eigenvalue weighted by molar-refractivity contribution is 5.90. The summed E-state index contributed by atoms with van der Waals surface area (Å²) in [6, 6.07) is 6.78. The number of carbonyl (C=O) groups is 4. The van der Waals surface area contributed by atoms with Crippen molar-refractivity contribution in [1.29, 1.82) is 0 Å². The molecule has 0 radical (unpaired) electrons. The summed E-state index contributed by atoms with van der Waals surface area (Å²) in [7, 11) is 10.2. The molecule has 11 atom stereocenters. The van der Waals surface area contributed by atoms with Crippen LogP contribution in [0.1, 0.15) is 86.3 Å². The van der Waals surface area contributed by atoms with E-state index in [-0.39, 0.29) is 59.9 Å². The maximum atomic E-state index is 14.4. The van der Waals surface area contributed by atoms with Crippen molar-refractivity contribution in [3.8, 4) is 0 Å². The molecular weight excluding hydrogens is 688 g/mol. The van der Waals surface area contributed by atoms with Gasteiger partial charge in [0, 0.05) is 47.0 Å². The molecule has 0 bridgehead atoms. The topological polar surface area (TPSA) is 156 Å². The summed E-state index contributed by atoms with van der Waals surface area (Å²) in [6.07, 6.45) is -0.322. The number of likely N-dealkylation sites (tertiary alicyclic amines) is 1. The van der Waals surface area contributed by atoms with Crippen LogP contribution in [0, 0.1) is 23.7 Å². The minimum Gasteiger partial charge on any atom is -0.380 e. The second kappa shape index (κ2) is 21.8. The molecule has 0 aromatic heterocycles. The number of methoxy groups -OCH3 is 3. The number of ether oxygens (including phenoxy) is 3. The highest BCUT2D eigenvalue weighted by atomic mass is 16.5. The summed E-state index contributed by atoms with van der Waals surface area (Å²) in [5.41, 5.74) is 7.40. The summed E-state index contributed by atoms with van der Waals surface area (Å²) < 4.78 is 17.8. The zero-order chi connectivity index (χ0) is 41.0. The molecule has 1 aliphatic heterocycles. The van der Waals surface area contributed by atoms with Crippen molar-refractivity contribution in [2.45, 2.75) is 129 Å². The van der Waals surface area contributed by atoms with E-state index in [0.717, 1.165) is 12.0 Å². The van der Waals surface area contributed by atoms with Crippen LogP contribution < -0.4 is 16.4 Å². The molecule has 0 spiro atoms. The van der Waals surface area contributed by atoms with Gasteiger partial charge in [0.15, 0.2) is 0 Å². The Balaban J connectivity index is 2.33. The van der Waals surface area contributed by atoms with Crippen LogP contribution in [-0.4, -0.2) is 136 Å². The Morgan fingerprint density at radius 1 is 0.889 bits per heavy atom. The number of hydrogen-bond donors (Lipinski definition) is 3. The average molecular weight is 761 g/mol. The van der Waals surface area contributed by atoms with E-state index in [0.29, 0.717) is 13.0 Å². The summed E-state index contributed by atoms with van der Waals surface area (Å²) >= 11 is 0. The van der Waals surface area contributed by atoms with Crippen LogP contribution in [0.4, 0.5) is 0 Å². The number of rotatable bonds is 21. The van der Waals surface area contributed by atoms with Crippen LogP contribution >= 0.6 is 0 Å². The summed E-state index contributed by atoms with van der Waals surface area (Å²) in [5, 5.41) is 6.11. The maximum absolute atomic E-state index is 14.4. The molecule has 4 amide bonds. The minimum atomic E-state index is -0.769. The van der Waals surface area contributed by atoms with Gasteiger partial charge >= 0.3 is 0 Å². The summed E-state index contributed by atoms with van der Waals surface area (Å²) in [5.74, 6) is -1.64. The molecule has 1 aromatic carbocycles. The zero-order valence-corrected chi connectivity index (χ0v) is 35.5. The molecule has 3 unspecified atom stereocenters. The fourth-order valence-electron chi connectivity index (χ4n) is 7.97. The molecule has 13 heteroatoms. The Kier molecular flexibility index (Phi) is 19.0. The number of likely N-dealkylation sites (N-methyl/N-ethyl adjacent to an activating group) is 2. The highest BCUT2D eigenvalue weighted by Crippen LogP contribution is 2.31. The van der Waals surface area contributed by atoms with Gasteiger partial charge < -0.3 is 40.4 Å². The van der Waals surface area contributed by atoms with Gasteiger partial charge in [-0.2, -0.15) is 0 Å². The molecular formula is C41H72N6O7. The van der Waals surface area contributed by atoms with Gasteiger partial charge in [0.2, 0.25) is 23.6 Å². The molecule has 2 rings (SSSR count). The molecule has 4 N–H and O–H groups in total. The second-order valence-electron chi connectivity index (χ2n) is 16.1. The average Bonchev–Trinajstić information content (AvgIpc) is 3.57. The van der Waals surface area contributed by atoms with Gasteiger partial charge in [-0.15, -0.1) is 0 Å². The van der Waals surface area contributed by atoms with Gasteiger partial charge in [-0.05, 0) is 50.8 Å². The molecule has 0 aliphatic carbocycles. The molecule has 54 heavy (non-hydrogen) atoms. The van der Waals surface area contributed by atoms with E-state index in [1.54, 1.807) is 45.1 Å². The molecule has 1 aromatic rings. The fourth-order valence-corrected chi connectivity index (χ4v) is 7.97. The number of hydrogen-bond acceptors (Lipinski definition) is 9. The lowest BCUT2D eigenvalue weighted by molar-refractivity contribution is -0.148. The third-order valence-electron chi connectivity index (χ3n) is 11.4. The minimum absolute atomic E-state index is 0.00913. The fraction of sp³-hybridized carbons (Fsp3) is 0.756. The monoisotopic (exact) mass is 761 g/mol. The van der Waals surface area contributed by atoms with Crippen molar-refractivity contribution in [3.05, 3.63) is 35.9 Å². The van der Waals surface area contributed by atoms with E-state index < -0.39 is 48.3 Å². The predicted octanol–water partition coefficient (Wildman–Crippen LogP) is 3.46. The van der Waals surface area contributed by atoms with E-state index in [2.05, 4.69) is 10.6 Å². The first-order valence-electron chi connectivity index (χ1n) is 19.6. The lowest BCUT2D eigenvalue weighted by atomic mass is 9.89. The second-order valence-corrected chi connectivity index (χ2v) is 16.1. The van der Waals surface area contributed by atoms with Crippen molar-refractivity contribution >= 4 is 23.6 Å². The number of amides is 4. The quantitative estimate of drug-likeness (QED) is 0.171. The Hall–Kier alpha value is -3.10.